The lowest BCUT2D eigenvalue weighted by molar-refractivity contribution is 0.111. The van der Waals surface area contributed by atoms with Crippen LogP contribution < -0.4 is 0 Å². The van der Waals surface area contributed by atoms with Crippen molar-refractivity contribution in [2.45, 2.75) is 38.3 Å². The molecule has 4 rings (SSSR count). The molecule has 0 bridgehead atoms. The summed E-state index contributed by atoms with van der Waals surface area (Å²) in [6, 6.07) is 9.45. The summed E-state index contributed by atoms with van der Waals surface area (Å²) in [4.78, 5) is 8.79. The highest BCUT2D eigenvalue weighted by Gasteiger charge is 2.27. The quantitative estimate of drug-likeness (QED) is 0.934. The Bertz CT molecular complexity index is 597. The minimum absolute atomic E-state index is 0.798. The summed E-state index contributed by atoms with van der Waals surface area (Å²) in [5, 5.41) is 1.39. The first-order valence-electron chi connectivity index (χ1n) is 8.41. The second-order valence-electron chi connectivity index (χ2n) is 6.63. The van der Waals surface area contributed by atoms with Crippen LogP contribution in [0.2, 0.25) is 0 Å². The van der Waals surface area contributed by atoms with E-state index in [0.29, 0.717) is 0 Å². The van der Waals surface area contributed by atoms with Crippen molar-refractivity contribution in [3.05, 3.63) is 36.0 Å². The fourth-order valence-corrected chi connectivity index (χ4v) is 4.08. The van der Waals surface area contributed by atoms with Crippen molar-refractivity contribution in [2.75, 3.05) is 26.2 Å². The predicted molar refractivity (Wildman–Crippen MR) is 87.4 cm³/mol. The molecule has 0 radical (unpaired) electrons. The van der Waals surface area contributed by atoms with Gasteiger partial charge in [0.1, 0.15) is 0 Å². The highest BCUT2D eigenvalue weighted by Crippen LogP contribution is 2.24. The van der Waals surface area contributed by atoms with Crippen LogP contribution in [0.4, 0.5) is 0 Å². The zero-order valence-corrected chi connectivity index (χ0v) is 12.7. The van der Waals surface area contributed by atoms with Crippen LogP contribution in [0, 0.1) is 0 Å². The molecule has 1 unspecified atom stereocenters. The summed E-state index contributed by atoms with van der Waals surface area (Å²) in [6.07, 6.45) is 7.75. The fraction of sp³-hybridized carbons (Fsp3) is 0.556. The van der Waals surface area contributed by atoms with Gasteiger partial charge in [-0.05, 0) is 56.9 Å². The van der Waals surface area contributed by atoms with Crippen LogP contribution in [-0.4, -0.2) is 47.0 Å². The first-order chi connectivity index (χ1) is 10.4. The predicted octanol–water partition coefficient (Wildman–Crippen LogP) is 3.23. The van der Waals surface area contributed by atoms with E-state index in [1.165, 1.54) is 68.3 Å². The topological polar surface area (TPSA) is 22.3 Å². The van der Waals surface area contributed by atoms with E-state index in [0.717, 1.165) is 12.6 Å². The lowest BCUT2D eigenvalue weighted by Crippen LogP contribution is -2.46. The minimum Gasteiger partial charge on any atom is -0.361 e. The highest BCUT2D eigenvalue weighted by molar-refractivity contribution is 5.82. The molecule has 2 aromatic rings. The van der Waals surface area contributed by atoms with E-state index >= 15 is 0 Å². The molecule has 2 aliphatic heterocycles. The summed E-state index contributed by atoms with van der Waals surface area (Å²) in [5.41, 5.74) is 2.72. The van der Waals surface area contributed by atoms with Crippen LogP contribution in [0.25, 0.3) is 10.9 Å². The van der Waals surface area contributed by atoms with E-state index in [1.807, 2.05) is 0 Å². The molecule has 1 atom stereocenters. The van der Waals surface area contributed by atoms with Crippen molar-refractivity contribution in [3.8, 4) is 0 Å². The van der Waals surface area contributed by atoms with Gasteiger partial charge >= 0.3 is 0 Å². The zero-order valence-electron chi connectivity index (χ0n) is 12.7. The molecule has 112 valence electrons. The van der Waals surface area contributed by atoms with E-state index in [1.54, 1.807) is 0 Å². The number of H-pyrrole nitrogens is 1. The van der Waals surface area contributed by atoms with Gasteiger partial charge in [0, 0.05) is 36.2 Å². The molecule has 3 nitrogen and oxygen atoms in total. The number of aromatic nitrogens is 1. The Hall–Kier alpha value is -1.32. The number of fused-ring (bicyclic) bond motifs is 1. The molecule has 1 N–H and O–H groups in total. The molecule has 3 heteroatoms. The third-order valence-corrected chi connectivity index (χ3v) is 5.21. The Morgan fingerprint density at radius 1 is 1.05 bits per heavy atom. The maximum Gasteiger partial charge on any atom is 0.0457 e. The van der Waals surface area contributed by atoms with Crippen LogP contribution >= 0.6 is 0 Å². The number of hydrogen-bond acceptors (Lipinski definition) is 2. The summed E-state index contributed by atoms with van der Waals surface area (Å²) < 4.78 is 0. The second-order valence-corrected chi connectivity index (χ2v) is 6.63. The molecule has 2 saturated heterocycles. The van der Waals surface area contributed by atoms with Gasteiger partial charge in [0.05, 0.1) is 0 Å². The van der Waals surface area contributed by atoms with Gasteiger partial charge in [0.15, 0.2) is 0 Å². The number of aromatic amines is 1. The van der Waals surface area contributed by atoms with Crippen LogP contribution in [0.3, 0.4) is 0 Å². The maximum absolute atomic E-state index is 3.41. The van der Waals surface area contributed by atoms with Gasteiger partial charge in [-0.3, -0.25) is 9.80 Å². The molecule has 0 amide bonds. The molecule has 0 saturated carbocycles. The lowest BCUT2D eigenvalue weighted by atomic mass is 10.0. The van der Waals surface area contributed by atoms with Gasteiger partial charge < -0.3 is 4.98 Å². The Kier molecular flexibility index (Phi) is 3.70. The van der Waals surface area contributed by atoms with Gasteiger partial charge in [-0.15, -0.1) is 0 Å². The molecule has 1 aromatic heterocycles. The standard InChI is InChI=1S/C18H25N3/c1-2-8-18-17(7-1)15(12-19-18)13-20-9-5-6-16(14-20)21-10-3-4-11-21/h1-2,7-8,12,16,19H,3-6,9-11,13-14H2. The number of para-hydroxylation sites is 1. The second kappa shape index (κ2) is 5.82. The number of likely N-dealkylation sites (tertiary alicyclic amines) is 2. The number of nitrogens with one attached hydrogen (secondary N) is 1. The van der Waals surface area contributed by atoms with E-state index in [2.05, 4.69) is 45.2 Å². The van der Waals surface area contributed by atoms with Crippen LogP contribution in [-0.2, 0) is 6.54 Å². The average molecular weight is 283 g/mol. The van der Waals surface area contributed by atoms with Gasteiger partial charge in [-0.1, -0.05) is 18.2 Å². The molecular weight excluding hydrogens is 258 g/mol. The molecule has 0 aliphatic carbocycles. The number of piperidine rings is 1. The Morgan fingerprint density at radius 3 is 2.81 bits per heavy atom. The number of rotatable bonds is 3. The van der Waals surface area contributed by atoms with Gasteiger partial charge in [-0.25, -0.2) is 0 Å². The molecular formula is C18H25N3. The summed E-state index contributed by atoms with van der Waals surface area (Å²) in [7, 11) is 0. The highest BCUT2D eigenvalue weighted by atomic mass is 15.2. The first kappa shape index (κ1) is 13.4. The van der Waals surface area contributed by atoms with Crippen molar-refractivity contribution < 1.29 is 0 Å². The Labute approximate surface area is 126 Å². The normalized spacial score (nSPS) is 24.9. The number of nitrogens with zero attached hydrogens (tertiary/aromatic N) is 2. The van der Waals surface area contributed by atoms with E-state index in [4.69, 9.17) is 0 Å². The summed E-state index contributed by atoms with van der Waals surface area (Å²) in [6.45, 7) is 6.24. The van der Waals surface area contributed by atoms with Gasteiger partial charge in [0.2, 0.25) is 0 Å². The Morgan fingerprint density at radius 2 is 1.90 bits per heavy atom. The van der Waals surface area contributed by atoms with Crippen LogP contribution in [0.5, 0.6) is 0 Å². The van der Waals surface area contributed by atoms with Gasteiger partial charge in [-0.2, -0.15) is 0 Å². The van der Waals surface area contributed by atoms with E-state index in [9.17, 15) is 0 Å². The summed E-state index contributed by atoms with van der Waals surface area (Å²) in [5.74, 6) is 0. The third kappa shape index (κ3) is 2.72. The molecule has 1 aromatic carbocycles. The van der Waals surface area contributed by atoms with Crippen LogP contribution in [0.15, 0.2) is 30.5 Å². The lowest BCUT2D eigenvalue weighted by Gasteiger charge is -2.37. The Balaban J connectivity index is 1.46. The van der Waals surface area contributed by atoms with Crippen molar-refractivity contribution in [2.24, 2.45) is 0 Å². The zero-order chi connectivity index (χ0) is 14.1. The van der Waals surface area contributed by atoms with E-state index in [-0.39, 0.29) is 0 Å². The maximum atomic E-state index is 3.41. The summed E-state index contributed by atoms with van der Waals surface area (Å²) >= 11 is 0. The fourth-order valence-electron chi connectivity index (χ4n) is 4.08. The molecule has 3 heterocycles. The molecule has 21 heavy (non-hydrogen) atoms. The van der Waals surface area contributed by atoms with Crippen molar-refractivity contribution in [1.82, 2.24) is 14.8 Å². The van der Waals surface area contributed by atoms with Gasteiger partial charge in [0.25, 0.3) is 0 Å². The number of hydrogen-bond donors (Lipinski definition) is 1. The van der Waals surface area contributed by atoms with Crippen molar-refractivity contribution >= 4 is 10.9 Å². The third-order valence-electron chi connectivity index (χ3n) is 5.21. The number of benzene rings is 1. The smallest absolute Gasteiger partial charge is 0.0457 e. The van der Waals surface area contributed by atoms with E-state index < -0.39 is 0 Å². The molecule has 2 fully saturated rings. The van der Waals surface area contributed by atoms with Crippen molar-refractivity contribution in [1.29, 1.82) is 0 Å². The van der Waals surface area contributed by atoms with Crippen molar-refractivity contribution in [3.63, 3.8) is 0 Å². The SMILES string of the molecule is c1ccc2c(CN3CCCC(N4CCCC4)C3)c[nH]c2c1. The molecule has 0 spiro atoms. The monoisotopic (exact) mass is 283 g/mol. The largest absolute Gasteiger partial charge is 0.361 e. The minimum atomic E-state index is 0.798. The van der Waals surface area contributed by atoms with Crippen LogP contribution in [0.1, 0.15) is 31.2 Å². The molecule has 2 aliphatic rings. The average Bonchev–Trinajstić information content (AvgIpc) is 3.18. The first-order valence-corrected chi connectivity index (χ1v) is 8.41.